The third-order valence-electron chi connectivity index (χ3n) is 3.89. The van der Waals surface area contributed by atoms with E-state index >= 15 is 0 Å². The van der Waals surface area contributed by atoms with E-state index in [4.69, 9.17) is 5.11 Å². The van der Waals surface area contributed by atoms with Crippen LogP contribution >= 0.6 is 12.4 Å². The van der Waals surface area contributed by atoms with Crippen molar-refractivity contribution in [2.24, 2.45) is 0 Å². The van der Waals surface area contributed by atoms with Crippen molar-refractivity contribution in [2.75, 3.05) is 20.1 Å². The summed E-state index contributed by atoms with van der Waals surface area (Å²) in [5, 5.41) is 8.94. The number of aliphatic carboxylic acids is 1. The molecule has 0 fully saturated rings. The standard InChI is InChI=1S/C15H20N2O3.ClH/c1-11(15(19)20)16(2)10-14(18)17-8-7-12-5-3-4-6-13(12)9-17;/h3-6,11H,7-10H2,1-2H3,(H,19,20);1H. The molecule has 1 aromatic rings. The molecule has 5 nitrogen and oxygen atoms in total. The number of carboxylic acid groups (broad SMARTS) is 1. The van der Waals surface area contributed by atoms with E-state index in [1.165, 1.54) is 11.1 Å². The summed E-state index contributed by atoms with van der Waals surface area (Å²) in [5.74, 6) is -0.931. The van der Waals surface area contributed by atoms with Crippen LogP contribution < -0.4 is 0 Å². The van der Waals surface area contributed by atoms with E-state index in [0.29, 0.717) is 13.1 Å². The number of nitrogens with zero attached hydrogens (tertiary/aromatic N) is 2. The lowest BCUT2D eigenvalue weighted by molar-refractivity contribution is -0.143. The van der Waals surface area contributed by atoms with Crippen LogP contribution in [0.15, 0.2) is 24.3 Å². The van der Waals surface area contributed by atoms with E-state index in [1.54, 1.807) is 23.8 Å². The molecule has 0 radical (unpaired) electrons. The lowest BCUT2D eigenvalue weighted by atomic mass is 10.00. The molecule has 1 amide bonds. The molecule has 1 heterocycles. The highest BCUT2D eigenvalue weighted by Crippen LogP contribution is 2.18. The van der Waals surface area contributed by atoms with Gasteiger partial charge in [-0.25, -0.2) is 0 Å². The van der Waals surface area contributed by atoms with Crippen LogP contribution in [-0.2, 0) is 22.6 Å². The minimum absolute atomic E-state index is 0. The van der Waals surface area contributed by atoms with Crippen molar-refractivity contribution in [1.82, 2.24) is 9.80 Å². The van der Waals surface area contributed by atoms with Crippen molar-refractivity contribution in [3.63, 3.8) is 0 Å². The molecule has 1 aromatic carbocycles. The number of halogens is 1. The Morgan fingerprint density at radius 2 is 1.95 bits per heavy atom. The maximum atomic E-state index is 12.2. The van der Waals surface area contributed by atoms with Gasteiger partial charge in [0.2, 0.25) is 5.91 Å². The van der Waals surface area contributed by atoms with Gasteiger partial charge >= 0.3 is 5.97 Å². The van der Waals surface area contributed by atoms with Gasteiger partial charge in [-0.2, -0.15) is 0 Å². The summed E-state index contributed by atoms with van der Waals surface area (Å²) in [5.41, 5.74) is 2.48. The van der Waals surface area contributed by atoms with E-state index in [1.807, 2.05) is 18.2 Å². The first kappa shape index (κ1) is 17.5. The van der Waals surface area contributed by atoms with Crippen LogP contribution in [0.2, 0.25) is 0 Å². The molecule has 0 aliphatic carbocycles. The smallest absolute Gasteiger partial charge is 0.320 e. The normalized spacial score (nSPS) is 15.1. The van der Waals surface area contributed by atoms with Crippen molar-refractivity contribution in [2.45, 2.75) is 25.9 Å². The molecule has 1 aliphatic rings. The minimum atomic E-state index is -0.913. The molecule has 1 unspecified atom stereocenters. The average molecular weight is 313 g/mol. The van der Waals surface area contributed by atoms with Crippen LogP contribution in [0.3, 0.4) is 0 Å². The number of hydrogen-bond donors (Lipinski definition) is 1. The monoisotopic (exact) mass is 312 g/mol. The Morgan fingerprint density at radius 3 is 2.57 bits per heavy atom. The Kier molecular flexibility index (Phi) is 6.18. The Hall–Kier alpha value is -1.59. The third-order valence-corrected chi connectivity index (χ3v) is 3.89. The van der Waals surface area contributed by atoms with Gasteiger partial charge in [-0.05, 0) is 31.5 Å². The van der Waals surface area contributed by atoms with Gasteiger partial charge in [0, 0.05) is 13.1 Å². The maximum absolute atomic E-state index is 12.2. The third kappa shape index (κ3) is 4.19. The fourth-order valence-corrected chi connectivity index (χ4v) is 2.35. The Balaban J connectivity index is 0.00000220. The number of fused-ring (bicyclic) bond motifs is 1. The van der Waals surface area contributed by atoms with E-state index in [-0.39, 0.29) is 24.9 Å². The number of carboxylic acids is 1. The molecule has 0 bridgehead atoms. The first-order valence-electron chi connectivity index (χ1n) is 6.76. The fourth-order valence-electron chi connectivity index (χ4n) is 2.35. The highest BCUT2D eigenvalue weighted by Gasteiger charge is 2.24. The number of likely N-dealkylation sites (N-methyl/N-ethyl adjacent to an activating group) is 1. The Morgan fingerprint density at radius 1 is 1.33 bits per heavy atom. The molecular weight excluding hydrogens is 292 g/mol. The first-order chi connectivity index (χ1) is 9.49. The van der Waals surface area contributed by atoms with Gasteiger partial charge in [-0.3, -0.25) is 14.5 Å². The van der Waals surface area contributed by atoms with Crippen LogP contribution in [0, 0.1) is 0 Å². The predicted molar refractivity (Wildman–Crippen MR) is 82.5 cm³/mol. The molecule has 6 heteroatoms. The summed E-state index contributed by atoms with van der Waals surface area (Å²) in [6, 6.07) is 7.47. The summed E-state index contributed by atoms with van der Waals surface area (Å²) < 4.78 is 0. The lowest BCUT2D eigenvalue weighted by Crippen LogP contribution is -2.45. The SMILES string of the molecule is CC(C(=O)O)N(C)CC(=O)N1CCc2ccccc2C1.Cl. The Bertz CT molecular complexity index is 521. The van der Waals surface area contributed by atoms with Crippen LogP contribution in [0.5, 0.6) is 0 Å². The molecule has 0 saturated carbocycles. The second kappa shape index (κ2) is 7.43. The van der Waals surface area contributed by atoms with Gasteiger partial charge in [-0.1, -0.05) is 24.3 Å². The maximum Gasteiger partial charge on any atom is 0.320 e. The molecule has 1 atom stereocenters. The van der Waals surface area contributed by atoms with Gasteiger partial charge in [-0.15, -0.1) is 12.4 Å². The van der Waals surface area contributed by atoms with Gasteiger partial charge < -0.3 is 10.0 Å². The zero-order chi connectivity index (χ0) is 14.7. The van der Waals surface area contributed by atoms with Crippen LogP contribution in [-0.4, -0.2) is 53.0 Å². The quantitative estimate of drug-likeness (QED) is 0.913. The first-order valence-corrected chi connectivity index (χ1v) is 6.76. The predicted octanol–water partition coefficient (Wildman–Crippen LogP) is 1.40. The number of benzene rings is 1. The number of amides is 1. The number of carbonyl (C=O) groups is 2. The number of carbonyl (C=O) groups excluding carboxylic acids is 1. The molecule has 116 valence electrons. The van der Waals surface area contributed by atoms with E-state index in [2.05, 4.69) is 6.07 Å². The highest BCUT2D eigenvalue weighted by molar-refractivity contribution is 5.85. The molecule has 1 N–H and O–H groups in total. The summed E-state index contributed by atoms with van der Waals surface area (Å²) in [4.78, 5) is 26.5. The summed E-state index contributed by atoms with van der Waals surface area (Å²) in [6.45, 7) is 3.03. The molecule has 2 rings (SSSR count). The van der Waals surface area contributed by atoms with Crippen molar-refractivity contribution in [3.05, 3.63) is 35.4 Å². The van der Waals surface area contributed by atoms with Gasteiger partial charge in [0.15, 0.2) is 0 Å². The van der Waals surface area contributed by atoms with Crippen LogP contribution in [0.1, 0.15) is 18.1 Å². The Labute approximate surface area is 131 Å². The molecular formula is C15H21ClN2O3. The van der Waals surface area contributed by atoms with Crippen LogP contribution in [0.25, 0.3) is 0 Å². The van der Waals surface area contributed by atoms with Gasteiger partial charge in [0.25, 0.3) is 0 Å². The fraction of sp³-hybridized carbons (Fsp3) is 0.467. The van der Waals surface area contributed by atoms with Crippen molar-refractivity contribution in [3.8, 4) is 0 Å². The largest absolute Gasteiger partial charge is 0.480 e. The molecule has 0 saturated heterocycles. The second-order valence-corrected chi connectivity index (χ2v) is 5.26. The second-order valence-electron chi connectivity index (χ2n) is 5.26. The molecule has 1 aliphatic heterocycles. The summed E-state index contributed by atoms with van der Waals surface area (Å²) >= 11 is 0. The zero-order valence-electron chi connectivity index (χ0n) is 12.3. The topological polar surface area (TPSA) is 60.9 Å². The van der Waals surface area contributed by atoms with Crippen LogP contribution in [0.4, 0.5) is 0 Å². The lowest BCUT2D eigenvalue weighted by Gasteiger charge is -2.31. The highest BCUT2D eigenvalue weighted by atomic mass is 35.5. The summed E-state index contributed by atoms with van der Waals surface area (Å²) in [7, 11) is 1.66. The number of rotatable bonds is 4. The van der Waals surface area contributed by atoms with E-state index in [9.17, 15) is 9.59 Å². The minimum Gasteiger partial charge on any atom is -0.480 e. The van der Waals surface area contributed by atoms with Crippen molar-refractivity contribution >= 4 is 24.3 Å². The van der Waals surface area contributed by atoms with E-state index < -0.39 is 12.0 Å². The summed E-state index contributed by atoms with van der Waals surface area (Å²) in [6.07, 6.45) is 0.861. The van der Waals surface area contributed by atoms with Crippen molar-refractivity contribution < 1.29 is 14.7 Å². The molecule has 0 aromatic heterocycles. The van der Waals surface area contributed by atoms with Gasteiger partial charge in [0.05, 0.1) is 6.54 Å². The number of hydrogen-bond acceptors (Lipinski definition) is 3. The zero-order valence-corrected chi connectivity index (χ0v) is 13.1. The van der Waals surface area contributed by atoms with Crippen molar-refractivity contribution in [1.29, 1.82) is 0 Å². The van der Waals surface area contributed by atoms with Gasteiger partial charge in [0.1, 0.15) is 6.04 Å². The molecule has 21 heavy (non-hydrogen) atoms. The molecule has 0 spiro atoms. The average Bonchev–Trinajstić information content (AvgIpc) is 2.45. The van der Waals surface area contributed by atoms with E-state index in [0.717, 1.165) is 6.42 Å².